The fourth-order valence-electron chi connectivity index (χ4n) is 1.49. The summed E-state index contributed by atoms with van der Waals surface area (Å²) in [5.74, 6) is 0.550. The Balaban J connectivity index is 1.90. The molecule has 1 aromatic carbocycles. The molecule has 0 unspecified atom stereocenters. The number of aromatic carboxylic acids is 1. The van der Waals surface area contributed by atoms with Crippen LogP contribution in [-0.2, 0) is 11.5 Å². The minimum Gasteiger partial charge on any atom is -0.475 e. The van der Waals surface area contributed by atoms with Gasteiger partial charge in [0, 0.05) is 17.1 Å². The molecule has 0 aliphatic rings. The van der Waals surface area contributed by atoms with Gasteiger partial charge in [-0.3, -0.25) is 0 Å². The molecule has 0 bridgehead atoms. The zero-order valence-electron chi connectivity index (χ0n) is 9.13. The lowest BCUT2D eigenvalue weighted by Crippen LogP contribution is -1.97. The van der Waals surface area contributed by atoms with Gasteiger partial charge in [-0.25, -0.2) is 4.79 Å². The molecule has 0 radical (unpaired) electrons. The molecule has 3 nitrogen and oxygen atoms in total. The predicted molar refractivity (Wildman–Crippen MR) is 67.1 cm³/mol. The molecule has 0 saturated heterocycles. The molecule has 0 spiro atoms. The maximum atomic E-state index is 10.8. The maximum Gasteiger partial charge on any atom is 0.372 e. The molecule has 2 rings (SSSR count). The normalized spacial score (nSPS) is 10.4. The average Bonchev–Trinajstić information content (AvgIpc) is 2.79. The van der Waals surface area contributed by atoms with Gasteiger partial charge in [-0.05, 0) is 11.6 Å². The number of furan rings is 1. The molecule has 0 fully saturated rings. The van der Waals surface area contributed by atoms with E-state index >= 15 is 0 Å². The van der Waals surface area contributed by atoms with Gasteiger partial charge in [0.05, 0.1) is 6.26 Å². The van der Waals surface area contributed by atoms with E-state index in [4.69, 9.17) is 9.52 Å². The van der Waals surface area contributed by atoms with Crippen LogP contribution in [0.2, 0.25) is 0 Å². The van der Waals surface area contributed by atoms with Crippen LogP contribution < -0.4 is 0 Å². The molecule has 0 aliphatic carbocycles. The van der Waals surface area contributed by atoms with Crippen LogP contribution in [0.25, 0.3) is 0 Å². The van der Waals surface area contributed by atoms with Crippen molar-refractivity contribution in [1.82, 2.24) is 0 Å². The third kappa shape index (κ3) is 3.14. The molecule has 0 saturated carbocycles. The number of thioether (sulfide) groups is 1. The van der Waals surface area contributed by atoms with Crippen LogP contribution in [0.4, 0.5) is 0 Å². The summed E-state index contributed by atoms with van der Waals surface area (Å²) in [5, 5.41) is 8.87. The van der Waals surface area contributed by atoms with Gasteiger partial charge in [0.25, 0.3) is 0 Å². The van der Waals surface area contributed by atoms with E-state index < -0.39 is 5.97 Å². The van der Waals surface area contributed by atoms with Gasteiger partial charge in [0.2, 0.25) is 5.76 Å². The van der Waals surface area contributed by atoms with Crippen molar-refractivity contribution >= 4 is 17.7 Å². The van der Waals surface area contributed by atoms with E-state index in [2.05, 4.69) is 12.1 Å². The van der Waals surface area contributed by atoms with Gasteiger partial charge in [0.1, 0.15) is 0 Å². The molecule has 1 heterocycles. The lowest BCUT2D eigenvalue weighted by molar-refractivity contribution is 0.0661. The number of carboxylic acids is 1. The largest absolute Gasteiger partial charge is 0.475 e. The lowest BCUT2D eigenvalue weighted by atomic mass is 10.2. The molecular formula is C13H12O3S. The topological polar surface area (TPSA) is 50.4 Å². The second kappa shape index (κ2) is 5.59. The lowest BCUT2D eigenvalue weighted by Gasteiger charge is -2.01. The van der Waals surface area contributed by atoms with Crippen molar-refractivity contribution < 1.29 is 14.3 Å². The van der Waals surface area contributed by atoms with Crippen LogP contribution in [0, 0.1) is 0 Å². The number of carbonyl (C=O) groups is 1. The summed E-state index contributed by atoms with van der Waals surface area (Å²) < 4.78 is 4.92. The second-order valence-electron chi connectivity index (χ2n) is 3.56. The molecule has 88 valence electrons. The van der Waals surface area contributed by atoms with E-state index in [1.165, 1.54) is 11.8 Å². The van der Waals surface area contributed by atoms with Crippen LogP contribution in [0.3, 0.4) is 0 Å². The number of benzene rings is 1. The van der Waals surface area contributed by atoms with Gasteiger partial charge in [-0.2, -0.15) is 11.8 Å². The molecule has 0 amide bonds. The van der Waals surface area contributed by atoms with Gasteiger partial charge in [-0.1, -0.05) is 30.3 Å². The molecule has 1 aromatic heterocycles. The highest BCUT2D eigenvalue weighted by molar-refractivity contribution is 7.97. The molecule has 0 atom stereocenters. The minimum atomic E-state index is -1.01. The van der Waals surface area contributed by atoms with E-state index in [1.807, 2.05) is 18.2 Å². The van der Waals surface area contributed by atoms with Crippen LogP contribution >= 0.6 is 11.8 Å². The van der Waals surface area contributed by atoms with E-state index in [-0.39, 0.29) is 5.76 Å². The van der Waals surface area contributed by atoms with Crippen molar-refractivity contribution in [3.63, 3.8) is 0 Å². The molecule has 17 heavy (non-hydrogen) atoms. The first-order chi connectivity index (χ1) is 8.27. The number of hydrogen-bond donors (Lipinski definition) is 1. The van der Waals surface area contributed by atoms with Gasteiger partial charge in [0.15, 0.2) is 0 Å². The smallest absolute Gasteiger partial charge is 0.372 e. The van der Waals surface area contributed by atoms with Crippen LogP contribution in [0.1, 0.15) is 21.7 Å². The van der Waals surface area contributed by atoms with E-state index in [0.717, 1.165) is 11.3 Å². The van der Waals surface area contributed by atoms with Crippen molar-refractivity contribution in [1.29, 1.82) is 0 Å². The Bertz CT molecular complexity index is 490. The molecule has 1 N–H and O–H groups in total. The summed E-state index contributed by atoms with van der Waals surface area (Å²) in [6.45, 7) is 0. The third-order valence-electron chi connectivity index (χ3n) is 2.31. The Morgan fingerprint density at radius 2 is 1.94 bits per heavy atom. The van der Waals surface area contributed by atoms with Crippen LogP contribution in [-0.4, -0.2) is 11.1 Å². The number of hydrogen-bond acceptors (Lipinski definition) is 3. The van der Waals surface area contributed by atoms with E-state index in [9.17, 15) is 4.79 Å². The SMILES string of the molecule is O=C(O)c1occc1CSCc1ccccc1. The summed E-state index contributed by atoms with van der Waals surface area (Å²) in [4.78, 5) is 10.8. The number of carboxylic acid groups (broad SMARTS) is 1. The van der Waals surface area contributed by atoms with Gasteiger partial charge in [-0.15, -0.1) is 0 Å². The van der Waals surface area contributed by atoms with Crippen LogP contribution in [0.5, 0.6) is 0 Å². The van der Waals surface area contributed by atoms with E-state index in [1.54, 1.807) is 17.8 Å². The summed E-state index contributed by atoms with van der Waals surface area (Å²) in [6, 6.07) is 11.8. The zero-order chi connectivity index (χ0) is 12.1. The Hall–Kier alpha value is -1.68. The van der Waals surface area contributed by atoms with Crippen molar-refractivity contribution in [3.8, 4) is 0 Å². The molecule has 4 heteroatoms. The first-order valence-corrected chi connectivity index (χ1v) is 6.34. The number of rotatable bonds is 5. The summed E-state index contributed by atoms with van der Waals surface area (Å²) in [7, 11) is 0. The quantitative estimate of drug-likeness (QED) is 0.881. The Morgan fingerprint density at radius 3 is 2.65 bits per heavy atom. The van der Waals surface area contributed by atoms with Crippen LogP contribution in [0.15, 0.2) is 47.1 Å². The first-order valence-electron chi connectivity index (χ1n) is 5.18. The van der Waals surface area contributed by atoms with Crippen molar-refractivity contribution in [2.75, 3.05) is 0 Å². The monoisotopic (exact) mass is 248 g/mol. The van der Waals surface area contributed by atoms with Gasteiger partial charge < -0.3 is 9.52 Å². The molecular weight excluding hydrogens is 236 g/mol. The fraction of sp³-hybridized carbons (Fsp3) is 0.154. The highest BCUT2D eigenvalue weighted by Crippen LogP contribution is 2.21. The highest BCUT2D eigenvalue weighted by atomic mass is 32.2. The second-order valence-corrected chi connectivity index (χ2v) is 4.54. The predicted octanol–water partition coefficient (Wildman–Crippen LogP) is 3.41. The standard InChI is InChI=1S/C13H12O3S/c14-13(15)12-11(6-7-16-12)9-17-8-10-4-2-1-3-5-10/h1-7H,8-9H2,(H,14,15). The zero-order valence-corrected chi connectivity index (χ0v) is 9.94. The Kier molecular flexibility index (Phi) is 3.88. The van der Waals surface area contributed by atoms with Crippen molar-refractivity contribution in [2.24, 2.45) is 0 Å². The summed E-state index contributed by atoms with van der Waals surface area (Å²) >= 11 is 1.67. The summed E-state index contributed by atoms with van der Waals surface area (Å²) in [6.07, 6.45) is 1.42. The molecule has 0 aliphatic heterocycles. The first kappa shape index (κ1) is 11.8. The Morgan fingerprint density at radius 1 is 1.18 bits per heavy atom. The third-order valence-corrected chi connectivity index (χ3v) is 3.36. The summed E-state index contributed by atoms with van der Waals surface area (Å²) in [5.41, 5.74) is 1.97. The maximum absolute atomic E-state index is 10.8. The van der Waals surface area contributed by atoms with Crippen molar-refractivity contribution in [3.05, 3.63) is 59.5 Å². The van der Waals surface area contributed by atoms with Gasteiger partial charge >= 0.3 is 5.97 Å². The minimum absolute atomic E-state index is 0.0468. The Labute approximate surface area is 103 Å². The van der Waals surface area contributed by atoms with Crippen molar-refractivity contribution in [2.45, 2.75) is 11.5 Å². The fourth-order valence-corrected chi connectivity index (χ4v) is 2.47. The van der Waals surface area contributed by atoms with E-state index in [0.29, 0.717) is 5.75 Å². The highest BCUT2D eigenvalue weighted by Gasteiger charge is 2.13. The molecule has 2 aromatic rings. The average molecular weight is 248 g/mol.